The molecule has 0 aliphatic heterocycles. The number of benzene rings is 1. The van der Waals surface area contributed by atoms with E-state index in [1.54, 1.807) is 7.11 Å². The Balaban J connectivity index is 2.11. The highest BCUT2D eigenvalue weighted by Crippen LogP contribution is 2.39. The Hall–Kier alpha value is -1.78. The fourth-order valence-electron chi connectivity index (χ4n) is 4.36. The quantitative estimate of drug-likeness (QED) is 0.495. The lowest BCUT2D eigenvalue weighted by Gasteiger charge is -2.34. The lowest BCUT2D eigenvalue weighted by Crippen LogP contribution is -2.32. The molecule has 1 aliphatic carbocycles. The molecule has 0 heterocycles. The van der Waals surface area contributed by atoms with E-state index < -0.39 is 0 Å². The van der Waals surface area contributed by atoms with Gasteiger partial charge in [-0.25, -0.2) is 0 Å². The van der Waals surface area contributed by atoms with Crippen molar-refractivity contribution < 1.29 is 4.74 Å². The largest absolute Gasteiger partial charge is 0.391 e. The second kappa shape index (κ2) is 10.3. The van der Waals surface area contributed by atoms with Crippen LogP contribution in [0.3, 0.4) is 0 Å². The maximum Gasteiger partial charge on any atom is 0.131 e. The Morgan fingerprint density at radius 2 is 1.93 bits per heavy atom. The molecular weight excluding hydrogens is 358 g/mol. The zero-order valence-corrected chi connectivity index (χ0v) is 19.4. The van der Waals surface area contributed by atoms with E-state index in [1.165, 1.54) is 34.4 Å². The van der Waals surface area contributed by atoms with Gasteiger partial charge in [-0.15, -0.1) is 0 Å². The third-order valence-corrected chi connectivity index (χ3v) is 6.21. The van der Waals surface area contributed by atoms with E-state index in [0.29, 0.717) is 5.41 Å². The lowest BCUT2D eigenvalue weighted by molar-refractivity contribution is 0.0864. The second-order valence-corrected chi connectivity index (χ2v) is 9.21. The molecule has 1 atom stereocenters. The van der Waals surface area contributed by atoms with Gasteiger partial charge in [0.2, 0.25) is 0 Å². The minimum Gasteiger partial charge on any atom is -0.391 e. The maximum atomic E-state index is 5.78. The number of nitrogens with one attached hydrogen (secondary N) is 2. The molecule has 0 aromatic heterocycles. The molecule has 2 rings (SSSR count). The van der Waals surface area contributed by atoms with Crippen LogP contribution >= 0.6 is 0 Å². The van der Waals surface area contributed by atoms with Crippen molar-refractivity contribution in [2.24, 2.45) is 11.1 Å². The predicted molar refractivity (Wildman–Crippen MR) is 125 cm³/mol. The van der Waals surface area contributed by atoms with Crippen LogP contribution in [-0.4, -0.2) is 26.9 Å². The Kier molecular flexibility index (Phi) is 8.35. The van der Waals surface area contributed by atoms with Gasteiger partial charge in [-0.2, -0.15) is 0 Å². The van der Waals surface area contributed by atoms with Gasteiger partial charge in [-0.05, 0) is 97.9 Å². The number of aryl methyl sites for hydroxylation is 2. The second-order valence-electron chi connectivity index (χ2n) is 9.21. The molecule has 1 aromatic rings. The molecule has 1 aromatic carbocycles. The van der Waals surface area contributed by atoms with E-state index in [1.807, 2.05) is 7.05 Å². The van der Waals surface area contributed by atoms with Crippen LogP contribution in [0.15, 0.2) is 30.0 Å². The molecule has 0 saturated carbocycles. The topological polar surface area (TPSA) is 59.3 Å². The Labute approximate surface area is 178 Å². The van der Waals surface area contributed by atoms with Gasteiger partial charge in [-0.3, -0.25) is 0 Å². The highest BCUT2D eigenvalue weighted by Gasteiger charge is 2.27. The van der Waals surface area contributed by atoms with Crippen molar-refractivity contribution in [2.45, 2.75) is 72.4 Å². The van der Waals surface area contributed by atoms with Gasteiger partial charge in [0.25, 0.3) is 0 Å². The Morgan fingerprint density at radius 1 is 1.28 bits per heavy atom. The Morgan fingerprint density at radius 3 is 2.48 bits per heavy atom. The summed E-state index contributed by atoms with van der Waals surface area (Å²) in [6.45, 7) is 14.1. The molecule has 4 heteroatoms. The van der Waals surface area contributed by atoms with Crippen LogP contribution < -0.4 is 16.4 Å². The number of rotatable bonds is 10. The van der Waals surface area contributed by atoms with Crippen LogP contribution in [0, 0.1) is 19.3 Å². The van der Waals surface area contributed by atoms with E-state index in [-0.39, 0.29) is 6.23 Å². The van der Waals surface area contributed by atoms with Crippen molar-refractivity contribution in [1.82, 2.24) is 10.6 Å². The molecule has 0 radical (unpaired) electrons. The third-order valence-electron chi connectivity index (χ3n) is 6.21. The monoisotopic (exact) mass is 399 g/mol. The molecule has 4 N–H and O–H groups in total. The summed E-state index contributed by atoms with van der Waals surface area (Å²) < 4.78 is 5.78. The number of hydrogen-bond acceptors (Lipinski definition) is 4. The SMILES string of the molecule is C=C(NC(CC1=C(NC)CC(C)(C)CC1)OC)c1cc(C)c(CCCN)c(C)c1. The van der Waals surface area contributed by atoms with Crippen molar-refractivity contribution in [3.8, 4) is 0 Å². The van der Waals surface area contributed by atoms with Gasteiger partial charge >= 0.3 is 0 Å². The normalized spacial score (nSPS) is 17.2. The minimum absolute atomic E-state index is 0.0837. The number of methoxy groups -OCH3 is 1. The fourth-order valence-corrected chi connectivity index (χ4v) is 4.36. The van der Waals surface area contributed by atoms with E-state index in [9.17, 15) is 0 Å². The van der Waals surface area contributed by atoms with Gasteiger partial charge in [0, 0.05) is 32.0 Å². The molecular formula is C25H41N3O. The fraction of sp³-hybridized carbons (Fsp3) is 0.600. The molecule has 1 aliphatic rings. The molecule has 0 bridgehead atoms. The third kappa shape index (κ3) is 6.35. The van der Waals surface area contributed by atoms with Gasteiger partial charge in [-0.1, -0.05) is 20.4 Å². The van der Waals surface area contributed by atoms with Crippen LogP contribution in [0.5, 0.6) is 0 Å². The summed E-state index contributed by atoms with van der Waals surface area (Å²) in [6, 6.07) is 4.45. The van der Waals surface area contributed by atoms with Gasteiger partial charge in [0.1, 0.15) is 6.23 Å². The van der Waals surface area contributed by atoms with Crippen LogP contribution in [-0.2, 0) is 11.2 Å². The maximum absolute atomic E-state index is 5.78. The summed E-state index contributed by atoms with van der Waals surface area (Å²) in [4.78, 5) is 0. The van der Waals surface area contributed by atoms with Crippen molar-refractivity contribution in [3.05, 3.63) is 52.2 Å². The molecule has 0 saturated heterocycles. The summed E-state index contributed by atoms with van der Waals surface area (Å²) in [5, 5.41) is 6.94. The number of allylic oxidation sites excluding steroid dienone is 1. The van der Waals surface area contributed by atoms with Crippen molar-refractivity contribution in [2.75, 3.05) is 20.7 Å². The summed E-state index contributed by atoms with van der Waals surface area (Å²) in [5.41, 5.74) is 14.9. The van der Waals surface area contributed by atoms with Crippen molar-refractivity contribution in [3.63, 3.8) is 0 Å². The average molecular weight is 400 g/mol. The molecule has 0 spiro atoms. The van der Waals surface area contributed by atoms with Gasteiger partial charge in [0.15, 0.2) is 0 Å². The van der Waals surface area contributed by atoms with Gasteiger partial charge in [0.05, 0.1) is 0 Å². The first-order chi connectivity index (χ1) is 13.7. The first-order valence-electron chi connectivity index (χ1n) is 10.9. The zero-order valence-electron chi connectivity index (χ0n) is 19.4. The van der Waals surface area contributed by atoms with Crippen LogP contribution in [0.25, 0.3) is 5.70 Å². The molecule has 4 nitrogen and oxygen atoms in total. The molecule has 162 valence electrons. The standard InChI is InChI=1S/C25H41N3O/c1-17-13-21(14-18(2)22(17)9-8-12-26)19(3)28-24(29-7)15-20-10-11-25(4,5)16-23(20)27-6/h13-14,24,27-28H,3,8-12,15-16,26H2,1-2,4-7H3. The number of ether oxygens (including phenoxy) is 1. The zero-order chi connectivity index (χ0) is 21.6. The first-order valence-corrected chi connectivity index (χ1v) is 10.9. The van der Waals surface area contributed by atoms with E-state index in [4.69, 9.17) is 10.5 Å². The first kappa shape index (κ1) is 23.5. The van der Waals surface area contributed by atoms with Crippen LogP contribution in [0.2, 0.25) is 0 Å². The highest BCUT2D eigenvalue weighted by molar-refractivity contribution is 5.64. The molecule has 29 heavy (non-hydrogen) atoms. The number of hydrogen-bond donors (Lipinski definition) is 3. The van der Waals surface area contributed by atoms with E-state index >= 15 is 0 Å². The minimum atomic E-state index is -0.0837. The molecule has 1 unspecified atom stereocenters. The van der Waals surface area contributed by atoms with E-state index in [2.05, 4.69) is 57.0 Å². The number of nitrogens with two attached hydrogens (primary N) is 1. The molecule has 0 amide bonds. The molecule has 0 fully saturated rings. The van der Waals surface area contributed by atoms with E-state index in [0.717, 1.165) is 49.9 Å². The lowest BCUT2D eigenvalue weighted by atomic mass is 9.76. The summed E-state index contributed by atoms with van der Waals surface area (Å²) in [7, 11) is 3.80. The predicted octanol–water partition coefficient (Wildman–Crippen LogP) is 4.80. The van der Waals surface area contributed by atoms with Crippen LogP contribution in [0.4, 0.5) is 0 Å². The summed E-state index contributed by atoms with van der Waals surface area (Å²) in [6.07, 6.45) is 6.27. The summed E-state index contributed by atoms with van der Waals surface area (Å²) >= 11 is 0. The summed E-state index contributed by atoms with van der Waals surface area (Å²) in [5.74, 6) is 0. The smallest absolute Gasteiger partial charge is 0.131 e. The highest BCUT2D eigenvalue weighted by atomic mass is 16.5. The van der Waals surface area contributed by atoms with Crippen molar-refractivity contribution >= 4 is 5.70 Å². The van der Waals surface area contributed by atoms with Crippen LogP contribution in [0.1, 0.15) is 68.2 Å². The van der Waals surface area contributed by atoms with Gasteiger partial charge < -0.3 is 21.1 Å². The van der Waals surface area contributed by atoms with Crippen molar-refractivity contribution in [1.29, 1.82) is 0 Å². The Bertz CT molecular complexity index is 725. The average Bonchev–Trinajstić information content (AvgIpc) is 2.67.